The SMILES string of the molecule is [B]/C(CC1=C(/C=C(\C=C)C2=CCC(C)C=C2)c2ccc(N(c3ccc(-c4ccccc4)cc3)c3ccc4c(c3)C(c3ccccc3)(c3ccccc3)c3ccccc3-4)cc2C1(C1=CC=CCC1)c1ccccc1)=C([B])/C([B])=C(/S)C#C. The van der Waals surface area contributed by atoms with E-state index in [1.807, 2.05) is 6.08 Å². The van der Waals surface area contributed by atoms with E-state index in [2.05, 4.69) is 286 Å². The molecule has 4 aliphatic carbocycles. The van der Waals surface area contributed by atoms with Gasteiger partial charge in [0.2, 0.25) is 0 Å². The zero-order valence-corrected chi connectivity index (χ0v) is 46.5. The molecule has 1 nitrogen and oxygen atoms in total. The predicted octanol–water partition coefficient (Wildman–Crippen LogP) is 18.0. The number of terminal acetylenes is 1. The molecular formula is C76H58B3NS. The van der Waals surface area contributed by atoms with Gasteiger partial charge < -0.3 is 4.90 Å². The molecule has 8 aromatic carbocycles. The third-order valence-corrected chi connectivity index (χ3v) is 17.3. The molecule has 81 heavy (non-hydrogen) atoms. The molecule has 0 amide bonds. The second kappa shape index (κ2) is 22.5. The zero-order chi connectivity index (χ0) is 55.7. The van der Waals surface area contributed by atoms with Crippen molar-refractivity contribution < 1.29 is 0 Å². The van der Waals surface area contributed by atoms with E-state index in [-0.39, 0.29) is 22.3 Å². The van der Waals surface area contributed by atoms with Gasteiger partial charge in [-0.1, -0.05) is 243 Å². The van der Waals surface area contributed by atoms with Gasteiger partial charge in [0.15, 0.2) is 0 Å². The summed E-state index contributed by atoms with van der Waals surface area (Å²) in [7, 11) is 20.9. The number of hydrogen-bond acceptors (Lipinski definition) is 2. The maximum absolute atomic E-state index is 7.30. The number of anilines is 3. The highest BCUT2D eigenvalue weighted by atomic mass is 32.1. The second-order valence-corrected chi connectivity index (χ2v) is 21.9. The molecule has 0 bridgehead atoms. The summed E-state index contributed by atoms with van der Waals surface area (Å²) < 4.78 is 0. The van der Waals surface area contributed by atoms with E-state index < -0.39 is 10.8 Å². The number of benzene rings is 8. The smallest absolute Gasteiger partial charge is 0.115 e. The summed E-state index contributed by atoms with van der Waals surface area (Å²) in [5, 5.41) is 0. The van der Waals surface area contributed by atoms with Gasteiger partial charge in [-0.3, -0.25) is 0 Å². The fourth-order valence-corrected chi connectivity index (χ4v) is 13.2. The van der Waals surface area contributed by atoms with Gasteiger partial charge in [-0.2, -0.15) is 0 Å². The summed E-state index contributed by atoms with van der Waals surface area (Å²) in [4.78, 5) is 2.67. The molecule has 0 aliphatic heterocycles. The Bertz CT molecular complexity index is 4020. The lowest BCUT2D eigenvalue weighted by Gasteiger charge is -2.39. The molecule has 4 aliphatic rings. The van der Waals surface area contributed by atoms with Gasteiger partial charge in [-0.15, -0.1) is 30.0 Å². The van der Waals surface area contributed by atoms with Crippen molar-refractivity contribution in [1.82, 2.24) is 0 Å². The Balaban J connectivity index is 1.16. The number of hydrogen-bond donors (Lipinski definition) is 1. The summed E-state index contributed by atoms with van der Waals surface area (Å²) >= 11 is 4.54. The third-order valence-electron chi connectivity index (χ3n) is 16.9. The van der Waals surface area contributed by atoms with E-state index in [0.29, 0.717) is 11.4 Å². The van der Waals surface area contributed by atoms with Crippen molar-refractivity contribution in [2.45, 2.75) is 43.4 Å². The zero-order valence-electron chi connectivity index (χ0n) is 45.6. The molecular weight excluding hydrogens is 991 g/mol. The fraction of sp³-hybridized carbons (Fsp3) is 0.105. The van der Waals surface area contributed by atoms with Gasteiger partial charge in [0.1, 0.15) is 23.5 Å². The summed E-state index contributed by atoms with van der Waals surface area (Å²) in [6.45, 7) is 6.67. The minimum absolute atomic E-state index is 0.173. The minimum atomic E-state index is -0.835. The molecule has 12 rings (SSSR count). The number of fused-ring (bicyclic) bond motifs is 4. The summed E-state index contributed by atoms with van der Waals surface area (Å²) in [6.07, 6.45) is 26.6. The fourth-order valence-electron chi connectivity index (χ4n) is 13.1. The van der Waals surface area contributed by atoms with Gasteiger partial charge in [-0.05, 0) is 158 Å². The van der Waals surface area contributed by atoms with E-state index in [0.717, 1.165) is 86.4 Å². The molecule has 0 spiro atoms. The Morgan fingerprint density at radius 2 is 1.19 bits per heavy atom. The maximum atomic E-state index is 7.30. The molecule has 382 valence electrons. The monoisotopic (exact) mass is 1050 g/mol. The van der Waals surface area contributed by atoms with Crippen LogP contribution in [0, 0.1) is 18.3 Å². The van der Waals surface area contributed by atoms with Crippen LogP contribution in [0.1, 0.15) is 71.6 Å². The van der Waals surface area contributed by atoms with Gasteiger partial charge >= 0.3 is 0 Å². The average Bonchev–Trinajstić information content (AvgIpc) is 2.92. The van der Waals surface area contributed by atoms with Crippen molar-refractivity contribution in [3.05, 3.63) is 344 Å². The highest BCUT2D eigenvalue weighted by molar-refractivity contribution is 7.85. The molecule has 6 radical (unpaired) electrons. The van der Waals surface area contributed by atoms with Crippen LogP contribution in [0.3, 0.4) is 0 Å². The predicted molar refractivity (Wildman–Crippen MR) is 347 cm³/mol. The standard InChI is InChI=1S/C76H58B3NS/c1-4-52(54-37-35-51(3)36-38-54)47-66-65-46-44-62(49-69(65)76(58-29-17-9-18-30-58,59-31-19-10-20-32-59)70(66)50-71(77)73(78)74(79)72(81)5-2)80(60-41-39-55(40-42-60)53-23-11-6-12-24-53)61-43-45-64-63-33-21-22-34-67(63)75(68(64)48-61,56-25-13-7-14-26-56)57-27-15-8-16-28-57/h2,4,6-19,21-31,33-35,37-49,51,81H,1,20,32,36,50H2,3H3/b52-47+,73-71-,74-72-. The molecule has 8 aromatic rings. The lowest BCUT2D eigenvalue weighted by atomic mass is 9.61. The van der Waals surface area contributed by atoms with Gasteiger partial charge in [0.25, 0.3) is 0 Å². The first-order chi connectivity index (χ1) is 39.7. The van der Waals surface area contributed by atoms with Crippen molar-refractivity contribution >= 4 is 58.8 Å². The third kappa shape index (κ3) is 9.27. The first-order valence-corrected chi connectivity index (χ1v) is 28.4. The first kappa shape index (κ1) is 53.0. The summed E-state index contributed by atoms with van der Waals surface area (Å²) in [5.74, 6) is 3.00. The normalized spacial score (nSPS) is 18.3. The van der Waals surface area contributed by atoms with E-state index in [4.69, 9.17) is 30.0 Å². The van der Waals surface area contributed by atoms with E-state index in [9.17, 15) is 0 Å². The van der Waals surface area contributed by atoms with Crippen molar-refractivity contribution in [3.63, 3.8) is 0 Å². The van der Waals surface area contributed by atoms with Crippen molar-refractivity contribution in [3.8, 4) is 34.6 Å². The van der Waals surface area contributed by atoms with E-state index >= 15 is 0 Å². The summed E-state index contributed by atoms with van der Waals surface area (Å²) in [5.41, 5.74) is 20.9. The lowest BCUT2D eigenvalue weighted by molar-refractivity contribution is 0.661. The molecule has 2 atom stereocenters. The van der Waals surface area contributed by atoms with Crippen LogP contribution in [0.15, 0.2) is 305 Å². The lowest BCUT2D eigenvalue weighted by Crippen LogP contribution is -2.32. The Kier molecular flexibility index (Phi) is 14.7. The number of allylic oxidation sites excluding steroid dienone is 17. The van der Waals surface area contributed by atoms with Crippen LogP contribution in [0.4, 0.5) is 17.1 Å². The number of nitrogens with zero attached hydrogens (tertiary/aromatic N) is 1. The second-order valence-electron chi connectivity index (χ2n) is 21.5. The maximum Gasteiger partial charge on any atom is 0.115 e. The Labute approximate surface area is 488 Å². The Hall–Kier alpha value is -8.68. The van der Waals surface area contributed by atoms with E-state index in [1.165, 1.54) is 39.0 Å². The minimum Gasteiger partial charge on any atom is -0.310 e. The first-order valence-electron chi connectivity index (χ1n) is 27.9. The van der Waals surface area contributed by atoms with Crippen LogP contribution in [-0.4, -0.2) is 23.5 Å². The molecule has 2 unspecified atom stereocenters. The van der Waals surface area contributed by atoms with Gasteiger partial charge in [0.05, 0.1) is 10.8 Å². The number of rotatable bonds is 14. The van der Waals surface area contributed by atoms with Crippen LogP contribution in [-0.2, 0) is 10.8 Å². The van der Waals surface area contributed by atoms with Crippen molar-refractivity contribution in [2.24, 2.45) is 5.92 Å². The number of thiol groups is 1. The quantitative estimate of drug-likeness (QED) is 0.0492. The average molecular weight is 1050 g/mol. The van der Waals surface area contributed by atoms with Gasteiger partial charge in [0, 0.05) is 22.0 Å². The highest BCUT2D eigenvalue weighted by Gasteiger charge is 2.50. The molecule has 5 heteroatoms. The largest absolute Gasteiger partial charge is 0.310 e. The Morgan fingerprint density at radius 3 is 1.77 bits per heavy atom. The molecule has 0 heterocycles. The van der Waals surface area contributed by atoms with Crippen LogP contribution in [0.25, 0.3) is 27.8 Å². The topological polar surface area (TPSA) is 3.24 Å². The van der Waals surface area contributed by atoms with Crippen molar-refractivity contribution in [1.29, 1.82) is 0 Å². The van der Waals surface area contributed by atoms with Crippen LogP contribution < -0.4 is 4.90 Å². The molecule has 0 saturated carbocycles. The molecule has 0 saturated heterocycles. The van der Waals surface area contributed by atoms with Crippen LogP contribution in [0.2, 0.25) is 0 Å². The van der Waals surface area contributed by atoms with Gasteiger partial charge in [-0.25, -0.2) is 0 Å². The highest BCUT2D eigenvalue weighted by Crippen LogP contribution is 2.61. The van der Waals surface area contributed by atoms with Crippen LogP contribution >= 0.6 is 12.6 Å². The van der Waals surface area contributed by atoms with E-state index in [1.54, 1.807) is 0 Å². The van der Waals surface area contributed by atoms with Crippen molar-refractivity contribution in [2.75, 3.05) is 4.90 Å². The molecule has 0 N–H and O–H groups in total. The summed E-state index contributed by atoms with van der Waals surface area (Å²) in [6, 6.07) is 75.6. The Morgan fingerprint density at radius 1 is 0.642 bits per heavy atom. The molecule has 0 aromatic heterocycles. The van der Waals surface area contributed by atoms with Crippen LogP contribution in [0.5, 0.6) is 0 Å². The molecule has 0 fully saturated rings.